The van der Waals surface area contributed by atoms with Crippen LogP contribution in [0.15, 0.2) is 61.0 Å². The molecule has 0 bridgehead atoms. The standard InChI is InChI=1S/C17H15N3/c1-13-11-16(14-7-3-5-9-18-14)20(2)17(12-13)15-8-4-6-10-19-15/h3-12H,2H2,1H3. The number of nitrogens with zero attached hydrogens (tertiary/aromatic N) is 3. The summed E-state index contributed by atoms with van der Waals surface area (Å²) in [4.78, 5) is 4.40. The van der Waals surface area contributed by atoms with Crippen LogP contribution in [0, 0.1) is 13.6 Å². The maximum atomic E-state index is 4.40. The van der Waals surface area contributed by atoms with Crippen LogP contribution >= 0.6 is 0 Å². The molecule has 0 spiro atoms. The maximum Gasteiger partial charge on any atom is 0.236 e. The van der Waals surface area contributed by atoms with E-state index in [9.17, 15) is 0 Å². The lowest BCUT2D eigenvalue weighted by Crippen LogP contribution is -2.39. The zero-order valence-electron chi connectivity index (χ0n) is 11.3. The van der Waals surface area contributed by atoms with Gasteiger partial charge in [0.2, 0.25) is 5.69 Å². The Balaban J connectivity index is 2.30. The van der Waals surface area contributed by atoms with E-state index in [0.29, 0.717) is 0 Å². The minimum atomic E-state index is 0.906. The normalized spacial score (nSPS) is 16.1. The number of hydrogen-bond donors (Lipinski definition) is 0. The van der Waals surface area contributed by atoms with Gasteiger partial charge in [-0.05, 0) is 24.6 Å². The van der Waals surface area contributed by atoms with E-state index in [0.717, 1.165) is 28.0 Å². The topological polar surface area (TPSA) is 32.9 Å². The van der Waals surface area contributed by atoms with E-state index < -0.39 is 0 Å². The van der Waals surface area contributed by atoms with E-state index in [2.05, 4.69) is 36.1 Å². The Morgan fingerprint density at radius 1 is 1.20 bits per heavy atom. The monoisotopic (exact) mass is 261 g/mol. The van der Waals surface area contributed by atoms with Gasteiger partial charge in [0.1, 0.15) is 12.4 Å². The Labute approximate surface area is 118 Å². The molecular weight excluding hydrogens is 246 g/mol. The molecule has 20 heavy (non-hydrogen) atoms. The van der Waals surface area contributed by atoms with E-state index in [1.54, 1.807) is 12.4 Å². The molecule has 0 unspecified atom stereocenters. The Hall–Kier alpha value is -2.68. The summed E-state index contributed by atoms with van der Waals surface area (Å²) in [7, 11) is 0. The van der Waals surface area contributed by atoms with Crippen LogP contribution in [0.2, 0.25) is 0 Å². The molecule has 0 saturated heterocycles. The predicted molar refractivity (Wildman–Crippen MR) is 80.0 cm³/mol. The largest absolute Gasteiger partial charge is 0.659 e. The highest BCUT2D eigenvalue weighted by Gasteiger charge is 2.10. The maximum absolute atomic E-state index is 4.40. The van der Waals surface area contributed by atoms with Crippen molar-refractivity contribution in [1.29, 1.82) is 0 Å². The van der Waals surface area contributed by atoms with Crippen molar-refractivity contribution in [3.05, 3.63) is 83.9 Å². The van der Waals surface area contributed by atoms with E-state index in [-0.39, 0.29) is 0 Å². The first-order valence-electron chi connectivity index (χ1n) is 6.46. The van der Waals surface area contributed by atoms with Crippen molar-refractivity contribution in [1.82, 2.24) is 4.98 Å². The summed E-state index contributed by atoms with van der Waals surface area (Å²) in [5.41, 5.74) is 3.95. The quantitative estimate of drug-likeness (QED) is 0.726. The Morgan fingerprint density at radius 2 is 2.10 bits per heavy atom. The van der Waals surface area contributed by atoms with E-state index >= 15 is 0 Å². The summed E-state index contributed by atoms with van der Waals surface area (Å²) in [5, 5.41) is 5.38. The Morgan fingerprint density at radius 3 is 2.80 bits per heavy atom. The molecule has 2 aromatic heterocycles. The summed E-state index contributed by atoms with van der Waals surface area (Å²) in [6.45, 7) is 6.22. The third-order valence-corrected chi connectivity index (χ3v) is 3.17. The minimum absolute atomic E-state index is 0.906. The number of pyridine rings is 2. The molecule has 0 fully saturated rings. The summed E-state index contributed by atoms with van der Waals surface area (Å²) in [6, 6.07) is 10.0. The van der Waals surface area contributed by atoms with Crippen LogP contribution in [-0.4, -0.2) is 4.98 Å². The average molecular weight is 261 g/mol. The van der Waals surface area contributed by atoms with Gasteiger partial charge in [0, 0.05) is 18.3 Å². The number of aromatic nitrogens is 2. The lowest BCUT2D eigenvalue weighted by Gasteiger charge is -2.17. The molecule has 1 aliphatic heterocycles. The smallest absolute Gasteiger partial charge is 0.236 e. The van der Waals surface area contributed by atoms with Gasteiger partial charge >= 0.3 is 0 Å². The van der Waals surface area contributed by atoms with Crippen molar-refractivity contribution in [2.45, 2.75) is 6.92 Å². The highest BCUT2D eigenvalue weighted by Crippen LogP contribution is 2.14. The fourth-order valence-corrected chi connectivity index (χ4v) is 2.21. The highest BCUT2D eigenvalue weighted by atomic mass is 14.9. The van der Waals surface area contributed by atoms with Crippen molar-refractivity contribution in [3.63, 3.8) is 0 Å². The molecule has 3 heteroatoms. The molecule has 0 saturated carbocycles. The van der Waals surface area contributed by atoms with E-state index in [4.69, 9.17) is 0 Å². The summed E-state index contributed by atoms with van der Waals surface area (Å²) >= 11 is 0. The average Bonchev–Trinajstić information content (AvgIpc) is 2.51. The SMILES string of the molecule is C=[n+]1c(-c2ccccn2)cc(C)cc1=C1C=CC=C[N-]1. The van der Waals surface area contributed by atoms with Crippen LogP contribution in [0.1, 0.15) is 5.56 Å². The molecule has 0 aromatic carbocycles. The zero-order chi connectivity index (χ0) is 13.9. The fourth-order valence-electron chi connectivity index (χ4n) is 2.21. The summed E-state index contributed by atoms with van der Waals surface area (Å²) in [5.74, 6) is 0. The lowest BCUT2D eigenvalue weighted by atomic mass is 10.1. The molecule has 0 atom stereocenters. The zero-order valence-corrected chi connectivity index (χ0v) is 11.3. The third-order valence-electron chi connectivity index (χ3n) is 3.17. The first-order chi connectivity index (χ1) is 9.75. The molecule has 0 amide bonds. The Kier molecular flexibility index (Phi) is 3.17. The van der Waals surface area contributed by atoms with Crippen LogP contribution in [0.3, 0.4) is 0 Å². The molecule has 98 valence electrons. The van der Waals surface area contributed by atoms with Gasteiger partial charge in [0.15, 0.2) is 5.35 Å². The van der Waals surface area contributed by atoms with E-state index in [1.165, 1.54) is 0 Å². The highest BCUT2D eigenvalue weighted by molar-refractivity contribution is 5.69. The van der Waals surface area contributed by atoms with Gasteiger partial charge < -0.3 is 5.32 Å². The van der Waals surface area contributed by atoms with Gasteiger partial charge in [-0.2, -0.15) is 10.4 Å². The van der Waals surface area contributed by atoms with Gasteiger partial charge in [-0.25, -0.2) is 4.98 Å². The number of allylic oxidation sites excluding steroid dienone is 2. The van der Waals surface area contributed by atoms with Gasteiger partial charge in [-0.3, -0.25) is 0 Å². The Bertz CT molecular complexity index is 802. The molecule has 1 aliphatic rings. The van der Waals surface area contributed by atoms with Crippen molar-refractivity contribution >= 4 is 5.70 Å². The van der Waals surface area contributed by atoms with Crippen LogP contribution in [0.4, 0.5) is 0 Å². The molecule has 2 aromatic rings. The van der Waals surface area contributed by atoms with Gasteiger partial charge in [-0.15, -0.1) is 0 Å². The van der Waals surface area contributed by atoms with Crippen LogP contribution in [-0.2, 0) is 0 Å². The summed E-state index contributed by atoms with van der Waals surface area (Å²) < 4.78 is 1.89. The second-order valence-electron chi connectivity index (χ2n) is 4.66. The minimum Gasteiger partial charge on any atom is -0.659 e. The van der Waals surface area contributed by atoms with Crippen molar-refractivity contribution in [2.75, 3.05) is 0 Å². The van der Waals surface area contributed by atoms with Crippen LogP contribution in [0.5, 0.6) is 0 Å². The van der Waals surface area contributed by atoms with Gasteiger partial charge in [0.05, 0.1) is 0 Å². The first-order valence-corrected chi connectivity index (χ1v) is 6.46. The molecule has 3 nitrogen and oxygen atoms in total. The molecule has 3 heterocycles. The van der Waals surface area contributed by atoms with Crippen LogP contribution in [0.25, 0.3) is 22.4 Å². The van der Waals surface area contributed by atoms with Gasteiger partial charge in [-0.1, -0.05) is 30.0 Å². The number of aryl methyl sites for hydroxylation is 1. The molecule has 3 rings (SSSR count). The van der Waals surface area contributed by atoms with Crippen molar-refractivity contribution in [2.24, 2.45) is 0 Å². The fraction of sp³-hybridized carbons (Fsp3) is 0.0588. The number of rotatable bonds is 1. The lowest BCUT2D eigenvalue weighted by molar-refractivity contribution is -0.502. The van der Waals surface area contributed by atoms with E-state index in [1.807, 2.05) is 40.7 Å². The first kappa shape index (κ1) is 12.4. The van der Waals surface area contributed by atoms with Crippen molar-refractivity contribution in [3.8, 4) is 11.4 Å². The molecule has 0 aliphatic carbocycles. The predicted octanol–water partition coefficient (Wildman–Crippen LogP) is 2.55. The molecule has 0 radical (unpaired) electrons. The van der Waals surface area contributed by atoms with Crippen molar-refractivity contribution < 1.29 is 4.24 Å². The number of hydrogen-bond acceptors (Lipinski definition) is 1. The second-order valence-corrected chi connectivity index (χ2v) is 4.66. The summed E-state index contributed by atoms with van der Waals surface area (Å²) in [6.07, 6.45) is 9.45. The second kappa shape index (κ2) is 5.13. The van der Waals surface area contributed by atoms with Crippen LogP contribution < -0.4 is 9.59 Å². The molecule has 0 N–H and O–H groups in total. The third kappa shape index (κ3) is 2.26. The van der Waals surface area contributed by atoms with Gasteiger partial charge in [0.25, 0.3) is 0 Å². The molecular formula is C17H15N3.